The van der Waals surface area contributed by atoms with Gasteiger partial charge in [-0.1, -0.05) is 6.92 Å². The SMILES string of the molecule is CCSC1CCC(NC(=O)c2cc(N)ccc2N(C)C)C1. The van der Waals surface area contributed by atoms with Crippen LogP contribution in [-0.4, -0.2) is 37.0 Å². The summed E-state index contributed by atoms with van der Waals surface area (Å²) < 4.78 is 0. The Morgan fingerprint density at radius 1 is 1.43 bits per heavy atom. The zero-order valence-corrected chi connectivity index (χ0v) is 13.9. The van der Waals surface area contributed by atoms with Crippen molar-refractivity contribution in [1.29, 1.82) is 0 Å². The quantitative estimate of drug-likeness (QED) is 0.821. The van der Waals surface area contributed by atoms with Gasteiger partial charge in [-0.25, -0.2) is 0 Å². The van der Waals surface area contributed by atoms with Gasteiger partial charge in [0.1, 0.15) is 0 Å². The molecule has 0 saturated heterocycles. The monoisotopic (exact) mass is 307 g/mol. The smallest absolute Gasteiger partial charge is 0.253 e. The van der Waals surface area contributed by atoms with E-state index >= 15 is 0 Å². The summed E-state index contributed by atoms with van der Waals surface area (Å²) in [4.78, 5) is 14.5. The molecule has 1 aliphatic carbocycles. The summed E-state index contributed by atoms with van der Waals surface area (Å²) in [5.74, 6) is 1.13. The van der Waals surface area contributed by atoms with Crippen LogP contribution in [0.3, 0.4) is 0 Å². The third-order valence-electron chi connectivity index (χ3n) is 3.87. The number of nitrogen functional groups attached to an aromatic ring is 1. The van der Waals surface area contributed by atoms with E-state index in [-0.39, 0.29) is 11.9 Å². The molecule has 0 spiro atoms. The number of hydrogen-bond donors (Lipinski definition) is 2. The molecule has 0 heterocycles. The van der Waals surface area contributed by atoms with Crippen LogP contribution in [0, 0.1) is 0 Å². The van der Waals surface area contributed by atoms with Crippen LogP contribution in [0.5, 0.6) is 0 Å². The Morgan fingerprint density at radius 2 is 2.19 bits per heavy atom. The number of thioether (sulfide) groups is 1. The Labute approximate surface area is 131 Å². The Bertz CT molecular complexity index is 504. The molecule has 0 radical (unpaired) electrons. The number of anilines is 2. The predicted octanol–water partition coefficient (Wildman–Crippen LogP) is 2.74. The minimum absolute atomic E-state index is 0.0156. The van der Waals surface area contributed by atoms with E-state index < -0.39 is 0 Å². The van der Waals surface area contributed by atoms with Crippen LogP contribution in [0.1, 0.15) is 36.5 Å². The Morgan fingerprint density at radius 3 is 2.86 bits per heavy atom. The van der Waals surface area contributed by atoms with Crippen LogP contribution >= 0.6 is 11.8 Å². The molecule has 4 nitrogen and oxygen atoms in total. The Balaban J connectivity index is 2.05. The molecule has 1 aromatic carbocycles. The fraction of sp³-hybridized carbons (Fsp3) is 0.562. The first-order valence-electron chi connectivity index (χ1n) is 7.50. The molecule has 21 heavy (non-hydrogen) atoms. The van der Waals surface area contributed by atoms with Gasteiger partial charge in [0.25, 0.3) is 5.91 Å². The zero-order chi connectivity index (χ0) is 15.4. The second-order valence-electron chi connectivity index (χ2n) is 5.73. The molecule has 2 atom stereocenters. The van der Waals surface area contributed by atoms with Crippen LogP contribution in [0.25, 0.3) is 0 Å². The van der Waals surface area contributed by atoms with Gasteiger partial charge in [0.15, 0.2) is 0 Å². The van der Waals surface area contributed by atoms with Crippen molar-refractivity contribution < 1.29 is 4.79 Å². The topological polar surface area (TPSA) is 58.4 Å². The van der Waals surface area contributed by atoms with Crippen LogP contribution in [-0.2, 0) is 0 Å². The molecular formula is C16H25N3OS. The van der Waals surface area contributed by atoms with Gasteiger partial charge in [-0.05, 0) is 43.2 Å². The van der Waals surface area contributed by atoms with Gasteiger partial charge in [-0.3, -0.25) is 4.79 Å². The van der Waals surface area contributed by atoms with Crippen molar-refractivity contribution in [3.8, 4) is 0 Å². The number of nitrogens with two attached hydrogens (primary N) is 1. The molecule has 0 aliphatic heterocycles. The maximum atomic E-state index is 12.5. The lowest BCUT2D eigenvalue weighted by Gasteiger charge is -2.19. The fourth-order valence-electron chi connectivity index (χ4n) is 2.85. The second kappa shape index (κ2) is 7.07. The van der Waals surface area contributed by atoms with Crippen molar-refractivity contribution in [3.05, 3.63) is 23.8 Å². The van der Waals surface area contributed by atoms with Gasteiger partial charge in [-0.2, -0.15) is 11.8 Å². The first kappa shape index (κ1) is 16.0. The maximum Gasteiger partial charge on any atom is 0.253 e. The summed E-state index contributed by atoms with van der Waals surface area (Å²) in [5.41, 5.74) is 8.02. The van der Waals surface area contributed by atoms with Crippen molar-refractivity contribution in [2.75, 3.05) is 30.5 Å². The average molecular weight is 307 g/mol. The van der Waals surface area contributed by atoms with Gasteiger partial charge in [0, 0.05) is 36.8 Å². The summed E-state index contributed by atoms with van der Waals surface area (Å²) in [6, 6.07) is 5.78. The molecule has 1 saturated carbocycles. The van der Waals surface area contributed by atoms with E-state index in [1.165, 1.54) is 6.42 Å². The van der Waals surface area contributed by atoms with E-state index in [1.54, 1.807) is 6.07 Å². The van der Waals surface area contributed by atoms with E-state index in [0.29, 0.717) is 16.5 Å². The summed E-state index contributed by atoms with van der Waals surface area (Å²) in [7, 11) is 3.87. The maximum absolute atomic E-state index is 12.5. The number of carbonyl (C=O) groups is 1. The highest BCUT2D eigenvalue weighted by Gasteiger charge is 2.26. The molecule has 0 aromatic heterocycles. The van der Waals surface area contributed by atoms with Gasteiger partial charge >= 0.3 is 0 Å². The van der Waals surface area contributed by atoms with Crippen LogP contribution in [0.4, 0.5) is 11.4 Å². The zero-order valence-electron chi connectivity index (χ0n) is 13.1. The summed E-state index contributed by atoms with van der Waals surface area (Å²) in [6.07, 6.45) is 3.34. The van der Waals surface area contributed by atoms with E-state index in [0.717, 1.165) is 24.3 Å². The molecule has 2 unspecified atom stereocenters. The fourth-order valence-corrected chi connectivity index (χ4v) is 3.99. The molecule has 1 amide bonds. The largest absolute Gasteiger partial charge is 0.399 e. The van der Waals surface area contributed by atoms with Gasteiger partial charge in [0.05, 0.1) is 5.56 Å². The van der Waals surface area contributed by atoms with Crippen molar-refractivity contribution in [2.24, 2.45) is 0 Å². The standard InChI is InChI=1S/C16H25N3OS/c1-4-21-13-7-6-12(10-13)18-16(20)14-9-11(17)5-8-15(14)19(2)3/h5,8-9,12-13H,4,6-7,10,17H2,1-3H3,(H,18,20). The molecular weight excluding hydrogens is 282 g/mol. The van der Waals surface area contributed by atoms with Crippen molar-refractivity contribution in [1.82, 2.24) is 5.32 Å². The molecule has 1 fully saturated rings. The lowest BCUT2D eigenvalue weighted by molar-refractivity contribution is 0.0938. The lowest BCUT2D eigenvalue weighted by Crippen LogP contribution is -2.34. The van der Waals surface area contributed by atoms with Crippen LogP contribution in [0.2, 0.25) is 0 Å². The van der Waals surface area contributed by atoms with Crippen LogP contribution < -0.4 is 16.0 Å². The number of rotatable bonds is 5. The lowest BCUT2D eigenvalue weighted by atomic mass is 10.1. The van der Waals surface area contributed by atoms with E-state index in [2.05, 4.69) is 12.2 Å². The molecule has 116 valence electrons. The Hall–Kier alpha value is -1.36. The van der Waals surface area contributed by atoms with Crippen molar-refractivity contribution in [3.63, 3.8) is 0 Å². The third-order valence-corrected chi connectivity index (χ3v) is 5.10. The molecule has 3 N–H and O–H groups in total. The molecule has 0 bridgehead atoms. The highest BCUT2D eigenvalue weighted by atomic mass is 32.2. The highest BCUT2D eigenvalue weighted by molar-refractivity contribution is 7.99. The van der Waals surface area contributed by atoms with Crippen molar-refractivity contribution in [2.45, 2.75) is 37.5 Å². The summed E-state index contributed by atoms with van der Waals surface area (Å²) in [6.45, 7) is 2.19. The Kier molecular flexibility index (Phi) is 5.39. The molecule has 1 aromatic rings. The van der Waals surface area contributed by atoms with Gasteiger partial charge in [-0.15, -0.1) is 0 Å². The predicted molar refractivity (Wildman–Crippen MR) is 92.2 cm³/mol. The van der Waals surface area contributed by atoms with Gasteiger partial charge < -0.3 is 16.0 Å². The molecule has 2 rings (SSSR count). The summed E-state index contributed by atoms with van der Waals surface area (Å²) >= 11 is 2.00. The average Bonchev–Trinajstić information content (AvgIpc) is 2.86. The van der Waals surface area contributed by atoms with Crippen molar-refractivity contribution >= 4 is 29.0 Å². The van der Waals surface area contributed by atoms with E-state index in [1.807, 2.05) is 42.9 Å². The number of amides is 1. The first-order valence-corrected chi connectivity index (χ1v) is 8.55. The minimum Gasteiger partial charge on any atom is -0.399 e. The number of benzene rings is 1. The molecule has 5 heteroatoms. The molecule has 1 aliphatic rings. The van der Waals surface area contributed by atoms with Crippen LogP contribution in [0.15, 0.2) is 18.2 Å². The number of carbonyl (C=O) groups excluding carboxylic acids is 1. The van der Waals surface area contributed by atoms with E-state index in [4.69, 9.17) is 5.73 Å². The first-order chi connectivity index (χ1) is 10.0. The minimum atomic E-state index is -0.0156. The highest BCUT2D eigenvalue weighted by Crippen LogP contribution is 2.30. The number of hydrogen-bond acceptors (Lipinski definition) is 4. The van der Waals surface area contributed by atoms with E-state index in [9.17, 15) is 4.79 Å². The normalized spacial score (nSPS) is 21.3. The number of nitrogens with one attached hydrogen (secondary N) is 1. The number of nitrogens with zero attached hydrogens (tertiary/aromatic N) is 1. The van der Waals surface area contributed by atoms with Gasteiger partial charge in [0.2, 0.25) is 0 Å². The summed E-state index contributed by atoms with van der Waals surface area (Å²) in [5, 5.41) is 3.86. The third kappa shape index (κ3) is 4.06. The second-order valence-corrected chi connectivity index (χ2v) is 7.31.